The summed E-state index contributed by atoms with van der Waals surface area (Å²) in [5.74, 6) is 0.432. The van der Waals surface area contributed by atoms with Gasteiger partial charge < -0.3 is 9.64 Å². The summed E-state index contributed by atoms with van der Waals surface area (Å²) in [6.07, 6.45) is 6.28. The van der Waals surface area contributed by atoms with Gasteiger partial charge in [0.25, 0.3) is 5.91 Å². The molecule has 1 saturated heterocycles. The summed E-state index contributed by atoms with van der Waals surface area (Å²) >= 11 is 0. The van der Waals surface area contributed by atoms with E-state index in [4.69, 9.17) is 10.00 Å². The zero-order chi connectivity index (χ0) is 20.0. The van der Waals surface area contributed by atoms with Gasteiger partial charge in [-0.1, -0.05) is 19.3 Å². The first-order valence-electron chi connectivity index (χ1n) is 9.89. The van der Waals surface area contributed by atoms with Crippen LogP contribution in [0.2, 0.25) is 0 Å². The van der Waals surface area contributed by atoms with Crippen molar-refractivity contribution < 1.29 is 17.9 Å². The fourth-order valence-corrected chi connectivity index (χ4v) is 4.97. The largest absolute Gasteiger partial charge is 0.374 e. The highest BCUT2D eigenvalue weighted by Gasteiger charge is 2.31. The molecule has 1 N–H and O–H groups in total. The molecule has 1 aromatic rings. The van der Waals surface area contributed by atoms with Crippen LogP contribution in [0.3, 0.4) is 0 Å². The first-order chi connectivity index (χ1) is 13.5. The molecule has 2 aliphatic rings. The molecule has 0 unspecified atom stereocenters. The Bertz CT molecular complexity index is 811. The maximum Gasteiger partial charge on any atom is 0.254 e. The molecule has 1 aliphatic carbocycles. The number of carbonyl (C=O) groups is 1. The molecule has 1 aromatic carbocycles. The van der Waals surface area contributed by atoms with Crippen LogP contribution in [0.1, 0.15) is 48.9 Å². The third kappa shape index (κ3) is 5.10. The molecule has 28 heavy (non-hydrogen) atoms. The van der Waals surface area contributed by atoms with E-state index in [1.54, 1.807) is 12.1 Å². The average Bonchev–Trinajstić information content (AvgIpc) is 2.74. The second-order valence-corrected chi connectivity index (χ2v) is 9.16. The molecule has 0 radical (unpaired) electrons. The lowest BCUT2D eigenvalue weighted by Gasteiger charge is -2.38. The second kappa shape index (κ2) is 9.50. The van der Waals surface area contributed by atoms with Crippen molar-refractivity contribution >= 4 is 15.9 Å². The summed E-state index contributed by atoms with van der Waals surface area (Å²) in [6, 6.07) is 7.85. The van der Waals surface area contributed by atoms with E-state index in [0.717, 1.165) is 12.8 Å². The lowest BCUT2D eigenvalue weighted by Crippen LogP contribution is -2.48. The zero-order valence-electron chi connectivity index (χ0n) is 16.0. The highest BCUT2D eigenvalue weighted by atomic mass is 32.2. The average molecular weight is 406 g/mol. The number of hydrogen-bond acceptors (Lipinski definition) is 5. The van der Waals surface area contributed by atoms with E-state index in [1.807, 2.05) is 11.0 Å². The summed E-state index contributed by atoms with van der Waals surface area (Å²) in [6.45, 7) is 1.76. The molecule has 0 aromatic heterocycles. The molecule has 1 heterocycles. The van der Waals surface area contributed by atoms with Crippen molar-refractivity contribution in [1.82, 2.24) is 9.62 Å². The summed E-state index contributed by atoms with van der Waals surface area (Å²) in [5.41, 5.74) is 0.472. The van der Waals surface area contributed by atoms with Gasteiger partial charge in [-0.3, -0.25) is 4.79 Å². The minimum atomic E-state index is -3.67. The van der Waals surface area contributed by atoms with Gasteiger partial charge in [-0.05, 0) is 43.0 Å². The van der Waals surface area contributed by atoms with Crippen molar-refractivity contribution in [2.24, 2.45) is 5.92 Å². The number of carbonyl (C=O) groups excluding carboxylic acids is 1. The zero-order valence-corrected chi connectivity index (χ0v) is 16.8. The van der Waals surface area contributed by atoms with E-state index in [-0.39, 0.29) is 29.9 Å². The smallest absolute Gasteiger partial charge is 0.254 e. The number of hydrogen-bond donors (Lipinski definition) is 1. The van der Waals surface area contributed by atoms with Crippen LogP contribution in [0.25, 0.3) is 0 Å². The minimum absolute atomic E-state index is 0.0653. The molecule has 0 bridgehead atoms. The highest BCUT2D eigenvalue weighted by molar-refractivity contribution is 7.89. The molecule has 7 nitrogen and oxygen atoms in total. The van der Waals surface area contributed by atoms with Crippen molar-refractivity contribution in [3.63, 3.8) is 0 Å². The van der Waals surface area contributed by atoms with Gasteiger partial charge in [0.15, 0.2) is 0 Å². The predicted octanol–water partition coefficient (Wildman–Crippen LogP) is 2.30. The lowest BCUT2D eigenvalue weighted by atomic mass is 9.84. The van der Waals surface area contributed by atoms with Crippen LogP contribution in [-0.4, -0.2) is 51.6 Å². The second-order valence-electron chi connectivity index (χ2n) is 7.39. The molecular formula is C20H27N3O4S. The van der Waals surface area contributed by atoms with Gasteiger partial charge in [0, 0.05) is 31.6 Å². The van der Waals surface area contributed by atoms with Crippen molar-refractivity contribution in [2.45, 2.75) is 49.5 Å². The van der Waals surface area contributed by atoms with Gasteiger partial charge in [0.1, 0.15) is 0 Å². The third-order valence-corrected chi connectivity index (χ3v) is 6.97. The number of rotatable bonds is 6. The first kappa shape index (κ1) is 20.8. The van der Waals surface area contributed by atoms with Gasteiger partial charge in [0.2, 0.25) is 10.0 Å². The SMILES string of the molecule is N#CCCNS(=O)(=O)c1ccc(C(=O)N2CCO[C@@H](C3CCCCC3)C2)cc1. The molecule has 0 spiro atoms. The van der Waals surface area contributed by atoms with Gasteiger partial charge >= 0.3 is 0 Å². The Hall–Kier alpha value is -1.95. The highest BCUT2D eigenvalue weighted by Crippen LogP contribution is 2.30. The Morgan fingerprint density at radius 3 is 2.61 bits per heavy atom. The van der Waals surface area contributed by atoms with E-state index in [1.165, 1.54) is 31.4 Å². The van der Waals surface area contributed by atoms with Gasteiger partial charge in [0.05, 0.1) is 23.7 Å². The fraction of sp³-hybridized carbons (Fsp3) is 0.600. The van der Waals surface area contributed by atoms with Crippen molar-refractivity contribution in [2.75, 3.05) is 26.2 Å². The number of sulfonamides is 1. The maximum atomic E-state index is 12.9. The number of nitrogens with zero attached hydrogens (tertiary/aromatic N) is 2. The monoisotopic (exact) mass is 405 g/mol. The molecule has 8 heteroatoms. The van der Waals surface area contributed by atoms with Gasteiger partial charge in [-0.2, -0.15) is 5.26 Å². The molecule has 1 aliphatic heterocycles. The van der Waals surface area contributed by atoms with Crippen molar-refractivity contribution in [3.05, 3.63) is 29.8 Å². The molecule has 1 saturated carbocycles. The molecule has 1 amide bonds. The Balaban J connectivity index is 1.63. The number of morpholine rings is 1. The van der Waals surface area contributed by atoms with Crippen LogP contribution in [-0.2, 0) is 14.8 Å². The molecule has 3 rings (SSSR count). The number of ether oxygens (including phenoxy) is 1. The summed E-state index contributed by atoms with van der Waals surface area (Å²) in [4.78, 5) is 14.8. The van der Waals surface area contributed by atoms with Crippen LogP contribution >= 0.6 is 0 Å². The van der Waals surface area contributed by atoms with Crippen LogP contribution < -0.4 is 4.72 Å². The lowest BCUT2D eigenvalue weighted by molar-refractivity contribution is -0.0562. The Morgan fingerprint density at radius 2 is 1.93 bits per heavy atom. The Labute approximate surface area is 166 Å². The van der Waals surface area contributed by atoms with E-state index in [9.17, 15) is 13.2 Å². The van der Waals surface area contributed by atoms with Gasteiger partial charge in [-0.25, -0.2) is 13.1 Å². The normalized spacial score (nSPS) is 21.2. The Kier molecular flexibility index (Phi) is 7.05. The number of nitriles is 1. The molecule has 152 valence electrons. The van der Waals surface area contributed by atoms with Crippen molar-refractivity contribution in [3.8, 4) is 6.07 Å². The van der Waals surface area contributed by atoms with E-state index >= 15 is 0 Å². The standard InChI is InChI=1S/C20H27N3O4S/c21-11-4-12-22-28(25,26)18-9-7-17(8-10-18)20(24)23-13-14-27-19(15-23)16-5-2-1-3-6-16/h7-10,16,19,22H,1-6,12-15H2/t19-/m1/s1. The number of amides is 1. The van der Waals surface area contributed by atoms with Crippen LogP contribution in [0.15, 0.2) is 29.2 Å². The Morgan fingerprint density at radius 1 is 1.21 bits per heavy atom. The molecule has 1 atom stereocenters. The fourth-order valence-electron chi connectivity index (χ4n) is 3.93. The summed E-state index contributed by atoms with van der Waals surface area (Å²) in [5, 5.41) is 8.52. The van der Waals surface area contributed by atoms with Crippen LogP contribution in [0.5, 0.6) is 0 Å². The third-order valence-electron chi connectivity index (χ3n) is 5.50. The predicted molar refractivity (Wildman–Crippen MR) is 104 cm³/mol. The summed E-state index contributed by atoms with van der Waals surface area (Å²) in [7, 11) is -3.67. The van der Waals surface area contributed by atoms with Crippen LogP contribution in [0, 0.1) is 17.2 Å². The molecule has 2 fully saturated rings. The van der Waals surface area contributed by atoms with Gasteiger partial charge in [-0.15, -0.1) is 0 Å². The quantitative estimate of drug-likeness (QED) is 0.732. The van der Waals surface area contributed by atoms with E-state index < -0.39 is 10.0 Å². The van der Waals surface area contributed by atoms with E-state index in [2.05, 4.69) is 4.72 Å². The topological polar surface area (TPSA) is 99.5 Å². The summed E-state index contributed by atoms with van der Waals surface area (Å²) < 4.78 is 32.7. The van der Waals surface area contributed by atoms with Crippen molar-refractivity contribution in [1.29, 1.82) is 5.26 Å². The maximum absolute atomic E-state index is 12.9. The minimum Gasteiger partial charge on any atom is -0.374 e. The van der Waals surface area contributed by atoms with Crippen LogP contribution in [0.4, 0.5) is 0 Å². The first-order valence-corrected chi connectivity index (χ1v) is 11.4. The number of nitrogens with one attached hydrogen (secondary N) is 1. The van der Waals surface area contributed by atoms with E-state index in [0.29, 0.717) is 31.2 Å². The number of benzene rings is 1. The molecular weight excluding hydrogens is 378 g/mol.